The predicted molar refractivity (Wildman–Crippen MR) is 104 cm³/mol. The summed E-state index contributed by atoms with van der Waals surface area (Å²) in [7, 11) is 1.63. The second-order valence-electron chi connectivity index (χ2n) is 6.26. The summed E-state index contributed by atoms with van der Waals surface area (Å²) in [5.74, 6) is 1.20. The number of halogens is 1. The fourth-order valence-corrected chi connectivity index (χ4v) is 4.42. The van der Waals surface area contributed by atoms with Gasteiger partial charge in [0.15, 0.2) is 0 Å². The summed E-state index contributed by atoms with van der Waals surface area (Å²) in [6.45, 7) is 1.90. The van der Waals surface area contributed by atoms with Crippen molar-refractivity contribution < 1.29 is 13.9 Å². The van der Waals surface area contributed by atoms with Crippen LogP contribution in [0.3, 0.4) is 0 Å². The molecule has 0 saturated heterocycles. The molecule has 1 aliphatic heterocycles. The standard InChI is InChI=1S/C20H18FN3O2S/c1-12-18-19(13-5-3-8-16(9-13)26-2)27-11-17(25)22-20(18)24(23-12)15-7-4-6-14(21)10-15/h3-10,19H,11H2,1-2H3,(H,22,25)/t19-/m1/s1. The normalized spacial score (nSPS) is 16.4. The van der Waals surface area contributed by atoms with E-state index in [-0.39, 0.29) is 17.0 Å². The molecule has 138 valence electrons. The summed E-state index contributed by atoms with van der Waals surface area (Å²) >= 11 is 1.54. The summed E-state index contributed by atoms with van der Waals surface area (Å²) < 4.78 is 20.7. The molecule has 1 N–H and O–H groups in total. The largest absolute Gasteiger partial charge is 0.497 e. The van der Waals surface area contributed by atoms with Gasteiger partial charge in [-0.2, -0.15) is 5.10 Å². The first-order valence-electron chi connectivity index (χ1n) is 8.47. The average Bonchev–Trinajstić information content (AvgIpc) is 2.87. The number of aryl methyl sites for hydroxylation is 1. The van der Waals surface area contributed by atoms with Gasteiger partial charge in [0, 0.05) is 5.56 Å². The number of aromatic nitrogens is 2. The van der Waals surface area contributed by atoms with Crippen LogP contribution in [0.1, 0.15) is 22.1 Å². The first kappa shape index (κ1) is 17.6. The van der Waals surface area contributed by atoms with Crippen molar-refractivity contribution in [2.45, 2.75) is 12.2 Å². The summed E-state index contributed by atoms with van der Waals surface area (Å²) in [6, 6.07) is 14.0. The van der Waals surface area contributed by atoms with Gasteiger partial charge >= 0.3 is 0 Å². The number of nitrogens with one attached hydrogen (secondary N) is 1. The molecule has 1 aromatic heterocycles. The van der Waals surface area contributed by atoms with Crippen molar-refractivity contribution in [3.05, 3.63) is 71.2 Å². The molecule has 2 heterocycles. The van der Waals surface area contributed by atoms with Crippen LogP contribution in [0.15, 0.2) is 48.5 Å². The third-order valence-corrected chi connectivity index (χ3v) is 5.73. The molecule has 5 nitrogen and oxygen atoms in total. The van der Waals surface area contributed by atoms with E-state index in [9.17, 15) is 9.18 Å². The third kappa shape index (κ3) is 3.30. The highest BCUT2D eigenvalue weighted by atomic mass is 32.2. The van der Waals surface area contributed by atoms with Gasteiger partial charge in [-0.25, -0.2) is 9.07 Å². The van der Waals surface area contributed by atoms with Crippen molar-refractivity contribution in [1.29, 1.82) is 0 Å². The van der Waals surface area contributed by atoms with E-state index in [2.05, 4.69) is 10.4 Å². The lowest BCUT2D eigenvalue weighted by Crippen LogP contribution is -2.15. The number of hydrogen-bond acceptors (Lipinski definition) is 4. The molecule has 1 aliphatic rings. The summed E-state index contributed by atoms with van der Waals surface area (Å²) in [4.78, 5) is 12.3. The Hall–Kier alpha value is -2.80. The van der Waals surface area contributed by atoms with Crippen molar-refractivity contribution in [1.82, 2.24) is 9.78 Å². The maximum Gasteiger partial charge on any atom is 0.235 e. The molecule has 3 aromatic rings. The molecule has 1 amide bonds. The number of anilines is 1. The highest BCUT2D eigenvalue weighted by Crippen LogP contribution is 2.44. The topological polar surface area (TPSA) is 56.1 Å². The Labute approximate surface area is 160 Å². The Morgan fingerprint density at radius 3 is 2.85 bits per heavy atom. The molecule has 0 bridgehead atoms. The van der Waals surface area contributed by atoms with Crippen molar-refractivity contribution >= 4 is 23.5 Å². The van der Waals surface area contributed by atoms with Gasteiger partial charge in [-0.3, -0.25) is 4.79 Å². The van der Waals surface area contributed by atoms with Gasteiger partial charge in [-0.05, 0) is 42.8 Å². The van der Waals surface area contributed by atoms with Crippen LogP contribution in [0.2, 0.25) is 0 Å². The van der Waals surface area contributed by atoms with E-state index in [0.717, 1.165) is 22.6 Å². The molecule has 0 saturated carbocycles. The second kappa shape index (κ2) is 7.08. The second-order valence-corrected chi connectivity index (χ2v) is 7.35. The van der Waals surface area contributed by atoms with E-state index >= 15 is 0 Å². The quantitative estimate of drug-likeness (QED) is 0.740. The Morgan fingerprint density at radius 2 is 2.07 bits per heavy atom. The van der Waals surface area contributed by atoms with E-state index in [1.165, 1.54) is 23.9 Å². The molecule has 2 aromatic carbocycles. The smallest absolute Gasteiger partial charge is 0.235 e. The average molecular weight is 383 g/mol. The Morgan fingerprint density at radius 1 is 1.26 bits per heavy atom. The number of carbonyl (C=O) groups excluding carboxylic acids is 1. The van der Waals surface area contributed by atoms with Crippen LogP contribution in [0.5, 0.6) is 5.75 Å². The highest BCUT2D eigenvalue weighted by Gasteiger charge is 2.30. The van der Waals surface area contributed by atoms with Gasteiger partial charge in [-0.15, -0.1) is 11.8 Å². The van der Waals surface area contributed by atoms with Gasteiger partial charge in [0.25, 0.3) is 0 Å². The van der Waals surface area contributed by atoms with E-state index in [1.54, 1.807) is 23.9 Å². The molecular formula is C20H18FN3O2S. The minimum absolute atomic E-state index is 0.0867. The van der Waals surface area contributed by atoms with E-state index in [4.69, 9.17) is 4.74 Å². The van der Waals surface area contributed by atoms with Crippen molar-refractivity contribution in [3.63, 3.8) is 0 Å². The number of ether oxygens (including phenoxy) is 1. The van der Waals surface area contributed by atoms with Crippen LogP contribution >= 0.6 is 11.8 Å². The number of benzene rings is 2. The minimum Gasteiger partial charge on any atom is -0.497 e. The van der Waals surface area contributed by atoms with Gasteiger partial charge in [0.05, 0.1) is 29.5 Å². The summed E-state index contributed by atoms with van der Waals surface area (Å²) in [5.41, 5.74) is 3.30. The zero-order chi connectivity index (χ0) is 19.0. The molecule has 1 atom stereocenters. The molecule has 0 spiro atoms. The Bertz CT molecular complexity index is 1020. The van der Waals surface area contributed by atoms with E-state index in [0.29, 0.717) is 17.3 Å². The number of thioether (sulfide) groups is 1. The number of carbonyl (C=O) groups is 1. The molecule has 7 heteroatoms. The van der Waals surface area contributed by atoms with Crippen molar-refractivity contribution in [2.75, 3.05) is 18.2 Å². The van der Waals surface area contributed by atoms with Crippen LogP contribution < -0.4 is 10.1 Å². The monoisotopic (exact) mass is 383 g/mol. The molecule has 4 rings (SSSR count). The molecule has 0 fully saturated rings. The number of hydrogen-bond donors (Lipinski definition) is 1. The summed E-state index contributed by atoms with van der Waals surface area (Å²) in [6.07, 6.45) is 0. The SMILES string of the molecule is COc1cccc([C@H]2SCC(=O)Nc3c2c(C)nn3-c2cccc(F)c2)c1. The number of amides is 1. The van der Waals surface area contributed by atoms with E-state index in [1.807, 2.05) is 31.2 Å². The lowest BCUT2D eigenvalue weighted by Gasteiger charge is -2.16. The Balaban J connectivity index is 1.89. The molecule has 27 heavy (non-hydrogen) atoms. The fraction of sp³-hybridized carbons (Fsp3) is 0.200. The van der Waals surface area contributed by atoms with Crippen LogP contribution in [-0.2, 0) is 4.79 Å². The minimum atomic E-state index is -0.354. The zero-order valence-corrected chi connectivity index (χ0v) is 15.7. The van der Waals surface area contributed by atoms with Crippen LogP contribution in [0.4, 0.5) is 10.2 Å². The first-order valence-corrected chi connectivity index (χ1v) is 9.52. The maximum absolute atomic E-state index is 13.7. The maximum atomic E-state index is 13.7. The van der Waals surface area contributed by atoms with Crippen molar-refractivity contribution in [3.8, 4) is 11.4 Å². The number of methoxy groups -OCH3 is 1. The first-order chi connectivity index (χ1) is 13.1. The number of nitrogens with zero attached hydrogens (tertiary/aromatic N) is 2. The van der Waals surface area contributed by atoms with Crippen LogP contribution in [0.25, 0.3) is 5.69 Å². The predicted octanol–water partition coefficient (Wildman–Crippen LogP) is 4.10. The Kier molecular flexibility index (Phi) is 4.61. The lowest BCUT2D eigenvalue weighted by molar-refractivity contribution is -0.113. The van der Waals surface area contributed by atoms with Crippen LogP contribution in [0, 0.1) is 12.7 Å². The lowest BCUT2D eigenvalue weighted by atomic mass is 10.0. The third-order valence-electron chi connectivity index (χ3n) is 4.46. The number of rotatable bonds is 3. The molecule has 0 aliphatic carbocycles. The molecular weight excluding hydrogens is 365 g/mol. The number of fused-ring (bicyclic) bond motifs is 1. The van der Waals surface area contributed by atoms with Gasteiger partial charge in [0.1, 0.15) is 17.4 Å². The summed E-state index contributed by atoms with van der Waals surface area (Å²) in [5, 5.41) is 7.45. The van der Waals surface area contributed by atoms with Gasteiger partial charge in [-0.1, -0.05) is 18.2 Å². The van der Waals surface area contributed by atoms with E-state index < -0.39 is 0 Å². The van der Waals surface area contributed by atoms with Gasteiger partial charge in [0.2, 0.25) is 5.91 Å². The van der Waals surface area contributed by atoms with Crippen LogP contribution in [-0.4, -0.2) is 28.6 Å². The van der Waals surface area contributed by atoms with Crippen molar-refractivity contribution in [2.24, 2.45) is 0 Å². The zero-order valence-electron chi connectivity index (χ0n) is 14.9. The fourth-order valence-electron chi connectivity index (χ4n) is 3.25. The highest BCUT2D eigenvalue weighted by molar-refractivity contribution is 8.00. The molecule has 0 radical (unpaired) electrons. The molecule has 0 unspecified atom stereocenters. The van der Waals surface area contributed by atoms with Gasteiger partial charge < -0.3 is 10.1 Å².